The molecule has 0 fully saturated rings. The fourth-order valence-corrected chi connectivity index (χ4v) is 3.38. The molecule has 3 heteroatoms. The number of allylic oxidation sites excluding steroid dienone is 3. The molecule has 0 amide bonds. The summed E-state index contributed by atoms with van der Waals surface area (Å²) in [5.41, 5.74) is 4.33. The number of fused-ring (bicyclic) bond motifs is 1. The molecule has 0 spiro atoms. The number of aliphatic hydroxyl groups is 2. The maximum absolute atomic E-state index is 10.5. The van der Waals surface area contributed by atoms with Crippen LogP contribution in [0.3, 0.4) is 0 Å². The van der Waals surface area contributed by atoms with Gasteiger partial charge in [-0.3, -0.25) is 0 Å². The third-order valence-corrected chi connectivity index (χ3v) is 5.27. The van der Waals surface area contributed by atoms with Gasteiger partial charge in [-0.2, -0.15) is 0 Å². The van der Waals surface area contributed by atoms with E-state index in [1.165, 1.54) is 22.3 Å². The van der Waals surface area contributed by atoms with Crippen molar-refractivity contribution >= 4 is 0 Å². The van der Waals surface area contributed by atoms with E-state index in [-0.39, 0.29) is 6.10 Å². The van der Waals surface area contributed by atoms with Gasteiger partial charge in [-0.05, 0) is 77.4 Å². The van der Waals surface area contributed by atoms with Crippen LogP contribution in [0.5, 0.6) is 0 Å². The Morgan fingerprint density at radius 1 is 1.13 bits per heavy atom. The van der Waals surface area contributed by atoms with E-state index in [1.54, 1.807) is 6.92 Å². The van der Waals surface area contributed by atoms with Gasteiger partial charge < -0.3 is 14.9 Å². The molecule has 1 heterocycles. The summed E-state index contributed by atoms with van der Waals surface area (Å²) in [4.78, 5) is 0. The second-order valence-electron chi connectivity index (χ2n) is 7.55. The van der Waals surface area contributed by atoms with Crippen LogP contribution in [0.15, 0.2) is 34.4 Å². The van der Waals surface area contributed by atoms with Crippen LogP contribution in [0.1, 0.15) is 66.2 Å². The van der Waals surface area contributed by atoms with Crippen molar-refractivity contribution in [1.29, 1.82) is 0 Å². The van der Waals surface area contributed by atoms with Gasteiger partial charge in [0.15, 0.2) is 0 Å². The van der Waals surface area contributed by atoms with Crippen LogP contribution in [0.2, 0.25) is 0 Å². The van der Waals surface area contributed by atoms with Gasteiger partial charge in [0.1, 0.15) is 0 Å². The topological polar surface area (TPSA) is 49.7 Å². The first-order valence-corrected chi connectivity index (χ1v) is 8.83. The third-order valence-electron chi connectivity index (χ3n) is 5.27. The van der Waals surface area contributed by atoms with Crippen molar-refractivity contribution in [3.8, 4) is 0 Å². The summed E-state index contributed by atoms with van der Waals surface area (Å²) in [5, 5.41) is 20.8. The van der Waals surface area contributed by atoms with Gasteiger partial charge in [0.25, 0.3) is 0 Å². The Hall–Kier alpha value is -0.900. The zero-order valence-corrected chi connectivity index (χ0v) is 15.1. The van der Waals surface area contributed by atoms with Crippen molar-refractivity contribution in [3.05, 3.63) is 34.4 Å². The van der Waals surface area contributed by atoms with E-state index in [9.17, 15) is 10.2 Å². The zero-order valence-electron chi connectivity index (χ0n) is 15.1. The maximum atomic E-state index is 10.5. The maximum Gasteiger partial charge on any atom is 0.0977 e. The molecule has 0 bridgehead atoms. The second kappa shape index (κ2) is 7.78. The largest absolute Gasteiger partial charge is 0.390 e. The number of hydrogen-bond donors (Lipinski definition) is 2. The molecule has 3 nitrogen and oxygen atoms in total. The Labute approximate surface area is 140 Å². The average molecular weight is 320 g/mol. The van der Waals surface area contributed by atoms with Crippen molar-refractivity contribution in [2.75, 3.05) is 6.61 Å². The molecule has 2 rings (SSSR count). The van der Waals surface area contributed by atoms with E-state index in [1.807, 2.05) is 0 Å². The van der Waals surface area contributed by atoms with Crippen molar-refractivity contribution in [2.24, 2.45) is 0 Å². The SMILES string of the molecule is CC1=C2CC/C(C)=C/CC[C@@](C)(O)[C@@H](O)CC/C(C)=C/[C@@H]2OC1. The molecule has 23 heavy (non-hydrogen) atoms. The highest BCUT2D eigenvalue weighted by molar-refractivity contribution is 5.28. The Morgan fingerprint density at radius 3 is 2.61 bits per heavy atom. The van der Waals surface area contributed by atoms with Crippen LogP contribution in [-0.4, -0.2) is 34.6 Å². The van der Waals surface area contributed by atoms with Crippen LogP contribution in [0.4, 0.5) is 0 Å². The van der Waals surface area contributed by atoms with E-state index in [0.29, 0.717) is 12.8 Å². The van der Waals surface area contributed by atoms with Gasteiger partial charge in [-0.1, -0.05) is 23.3 Å². The van der Waals surface area contributed by atoms with E-state index in [2.05, 4.69) is 32.9 Å². The highest BCUT2D eigenvalue weighted by atomic mass is 16.5. The van der Waals surface area contributed by atoms with E-state index < -0.39 is 11.7 Å². The summed E-state index contributed by atoms with van der Waals surface area (Å²) in [6.45, 7) is 8.88. The Balaban J connectivity index is 2.20. The van der Waals surface area contributed by atoms with Gasteiger partial charge in [0.05, 0.1) is 24.4 Å². The van der Waals surface area contributed by atoms with E-state index >= 15 is 0 Å². The first-order chi connectivity index (χ1) is 10.8. The molecule has 0 aromatic heterocycles. The molecule has 0 unspecified atom stereocenters. The molecular formula is C20H32O3. The summed E-state index contributed by atoms with van der Waals surface area (Å²) >= 11 is 0. The van der Waals surface area contributed by atoms with Gasteiger partial charge in [0.2, 0.25) is 0 Å². The van der Waals surface area contributed by atoms with Crippen LogP contribution < -0.4 is 0 Å². The summed E-state index contributed by atoms with van der Waals surface area (Å²) in [6, 6.07) is 0. The van der Waals surface area contributed by atoms with Crippen molar-refractivity contribution in [2.45, 2.75) is 84.0 Å². The normalized spacial score (nSPS) is 39.0. The van der Waals surface area contributed by atoms with Crippen LogP contribution in [0, 0.1) is 0 Å². The molecule has 3 atom stereocenters. The quantitative estimate of drug-likeness (QED) is 0.662. The molecular weight excluding hydrogens is 288 g/mol. The standard InChI is InChI=1S/C20H32O3/c1-14-6-5-11-20(4,22)19(21)10-8-15(2)12-18-17(9-7-14)16(3)13-23-18/h6,12,18-19,21-22H,5,7-11,13H2,1-4H3/b14-6+,15-12+/t18-,19-,20+/m0/s1. The van der Waals surface area contributed by atoms with Crippen molar-refractivity contribution in [3.63, 3.8) is 0 Å². The summed E-state index contributed by atoms with van der Waals surface area (Å²) in [6.07, 6.45) is 8.65. The molecule has 0 aromatic carbocycles. The molecule has 1 aliphatic carbocycles. The first kappa shape index (κ1) is 18.4. The minimum atomic E-state index is -1.02. The summed E-state index contributed by atoms with van der Waals surface area (Å²) in [5.74, 6) is 0. The van der Waals surface area contributed by atoms with Crippen LogP contribution in [-0.2, 0) is 4.74 Å². The Kier molecular flexibility index (Phi) is 6.24. The van der Waals surface area contributed by atoms with E-state index in [0.717, 1.165) is 32.3 Å². The second-order valence-corrected chi connectivity index (χ2v) is 7.55. The fourth-order valence-electron chi connectivity index (χ4n) is 3.38. The molecule has 0 radical (unpaired) electrons. The zero-order chi connectivity index (χ0) is 17.0. The molecule has 2 N–H and O–H groups in total. The highest BCUT2D eigenvalue weighted by Gasteiger charge is 2.29. The lowest BCUT2D eigenvalue weighted by molar-refractivity contribution is -0.0691. The molecule has 0 aromatic rings. The lowest BCUT2D eigenvalue weighted by Crippen LogP contribution is -2.39. The first-order valence-electron chi connectivity index (χ1n) is 8.83. The average Bonchev–Trinajstić information content (AvgIpc) is 2.82. The predicted molar refractivity (Wildman–Crippen MR) is 94.3 cm³/mol. The lowest BCUT2D eigenvalue weighted by atomic mass is 9.88. The monoisotopic (exact) mass is 320 g/mol. The number of ether oxygens (including phenoxy) is 1. The minimum Gasteiger partial charge on any atom is -0.390 e. The predicted octanol–water partition coefficient (Wildman–Crippen LogP) is 4.06. The number of rotatable bonds is 0. The minimum absolute atomic E-state index is 0.0865. The van der Waals surface area contributed by atoms with Crippen molar-refractivity contribution < 1.29 is 14.9 Å². The fraction of sp³-hybridized carbons (Fsp3) is 0.700. The lowest BCUT2D eigenvalue weighted by Gasteiger charge is -2.29. The third kappa shape index (κ3) is 5.03. The molecule has 0 saturated carbocycles. The molecule has 2 aliphatic rings. The molecule has 0 saturated heterocycles. The number of aliphatic hydroxyl groups excluding tert-OH is 1. The smallest absolute Gasteiger partial charge is 0.0977 e. The number of hydrogen-bond acceptors (Lipinski definition) is 3. The highest BCUT2D eigenvalue weighted by Crippen LogP contribution is 2.30. The van der Waals surface area contributed by atoms with E-state index in [4.69, 9.17) is 4.74 Å². The van der Waals surface area contributed by atoms with Gasteiger partial charge in [-0.25, -0.2) is 0 Å². The van der Waals surface area contributed by atoms with Gasteiger partial charge in [0, 0.05) is 0 Å². The molecule has 1 aliphatic heterocycles. The van der Waals surface area contributed by atoms with Gasteiger partial charge in [-0.15, -0.1) is 0 Å². The van der Waals surface area contributed by atoms with Crippen molar-refractivity contribution in [1.82, 2.24) is 0 Å². The Morgan fingerprint density at radius 2 is 1.87 bits per heavy atom. The Bertz CT molecular complexity index is 511. The van der Waals surface area contributed by atoms with Gasteiger partial charge >= 0.3 is 0 Å². The summed E-state index contributed by atoms with van der Waals surface area (Å²) < 4.78 is 5.92. The molecule has 130 valence electrons. The van der Waals surface area contributed by atoms with Crippen LogP contribution >= 0.6 is 0 Å². The summed E-state index contributed by atoms with van der Waals surface area (Å²) in [7, 11) is 0. The van der Waals surface area contributed by atoms with Crippen LogP contribution in [0.25, 0.3) is 0 Å².